The van der Waals surface area contributed by atoms with E-state index in [1.54, 1.807) is 25.5 Å². The fourth-order valence-electron chi connectivity index (χ4n) is 2.37. The highest BCUT2D eigenvalue weighted by Crippen LogP contribution is 2.26. The molecule has 0 radical (unpaired) electrons. The molecule has 25 heavy (non-hydrogen) atoms. The van der Waals surface area contributed by atoms with Crippen LogP contribution in [0.3, 0.4) is 0 Å². The molecule has 0 aliphatic heterocycles. The van der Waals surface area contributed by atoms with E-state index in [0.29, 0.717) is 12.1 Å². The van der Waals surface area contributed by atoms with E-state index < -0.39 is 5.91 Å². The third kappa shape index (κ3) is 4.06. The summed E-state index contributed by atoms with van der Waals surface area (Å²) in [6.07, 6.45) is 3.38. The van der Waals surface area contributed by atoms with E-state index in [1.165, 1.54) is 4.90 Å². The van der Waals surface area contributed by atoms with Gasteiger partial charge in [0, 0.05) is 31.4 Å². The van der Waals surface area contributed by atoms with Gasteiger partial charge >= 0.3 is 0 Å². The molecule has 3 aromatic rings. The minimum Gasteiger partial charge on any atom is -0.450 e. The van der Waals surface area contributed by atoms with Gasteiger partial charge in [0.05, 0.1) is 11.0 Å². The number of nitrogens with zero attached hydrogens (tertiary/aromatic N) is 2. The van der Waals surface area contributed by atoms with Gasteiger partial charge in [-0.15, -0.1) is 0 Å². The second kappa shape index (κ2) is 7.48. The molecule has 1 N–H and O–H groups in total. The summed E-state index contributed by atoms with van der Waals surface area (Å²) in [5.74, 6) is -0.453. The molecule has 7 heteroatoms. The predicted molar refractivity (Wildman–Crippen MR) is 97.0 cm³/mol. The van der Waals surface area contributed by atoms with Crippen LogP contribution in [0, 0.1) is 0 Å². The molecular formula is C18H16BrN3O3. The molecule has 0 saturated heterocycles. The topological polar surface area (TPSA) is 75.4 Å². The summed E-state index contributed by atoms with van der Waals surface area (Å²) in [5.41, 5.74) is 1.53. The number of furan rings is 1. The highest BCUT2D eigenvalue weighted by Gasteiger charge is 2.16. The van der Waals surface area contributed by atoms with Crippen molar-refractivity contribution >= 4 is 38.7 Å². The number of aromatic nitrogens is 1. The molecule has 2 aromatic heterocycles. The monoisotopic (exact) mass is 401 g/mol. The molecule has 2 amide bonds. The van der Waals surface area contributed by atoms with Gasteiger partial charge in [-0.2, -0.15) is 0 Å². The highest BCUT2D eigenvalue weighted by molar-refractivity contribution is 9.10. The summed E-state index contributed by atoms with van der Waals surface area (Å²) in [6.45, 7) is 0.327. The average Bonchev–Trinajstić information content (AvgIpc) is 3.06. The zero-order valence-electron chi connectivity index (χ0n) is 13.5. The molecule has 0 aliphatic carbocycles. The maximum absolute atomic E-state index is 12.2. The van der Waals surface area contributed by atoms with Gasteiger partial charge in [-0.1, -0.05) is 18.2 Å². The number of rotatable bonds is 5. The summed E-state index contributed by atoms with van der Waals surface area (Å²) in [7, 11) is 1.68. The number of fused-ring (bicyclic) bond motifs is 1. The number of halogens is 1. The van der Waals surface area contributed by atoms with Crippen LogP contribution >= 0.6 is 15.9 Å². The Morgan fingerprint density at radius 3 is 2.84 bits per heavy atom. The van der Waals surface area contributed by atoms with E-state index in [2.05, 4.69) is 26.2 Å². The Balaban J connectivity index is 1.59. The maximum atomic E-state index is 12.2. The highest BCUT2D eigenvalue weighted by atomic mass is 79.9. The van der Waals surface area contributed by atoms with Crippen LogP contribution in [0.15, 0.2) is 57.7 Å². The van der Waals surface area contributed by atoms with Crippen LogP contribution < -0.4 is 5.32 Å². The summed E-state index contributed by atoms with van der Waals surface area (Å²) >= 11 is 3.38. The van der Waals surface area contributed by atoms with Crippen LogP contribution in [0.4, 0.5) is 0 Å². The van der Waals surface area contributed by atoms with Gasteiger partial charge in [-0.05, 0) is 39.7 Å². The van der Waals surface area contributed by atoms with Crippen molar-refractivity contribution in [3.05, 3.63) is 64.6 Å². The molecule has 0 saturated carbocycles. The number of para-hydroxylation sites is 1. The third-order valence-electron chi connectivity index (χ3n) is 3.69. The van der Waals surface area contributed by atoms with Gasteiger partial charge < -0.3 is 14.6 Å². The molecule has 6 nitrogen and oxygen atoms in total. The van der Waals surface area contributed by atoms with Crippen LogP contribution in [0.25, 0.3) is 11.0 Å². The van der Waals surface area contributed by atoms with E-state index in [9.17, 15) is 9.59 Å². The molecule has 1 aromatic carbocycles. The van der Waals surface area contributed by atoms with Crippen molar-refractivity contribution in [1.82, 2.24) is 15.2 Å². The molecule has 2 heterocycles. The van der Waals surface area contributed by atoms with Gasteiger partial charge in [0.1, 0.15) is 5.58 Å². The minimum atomic E-state index is -0.425. The molecule has 128 valence electrons. The second-order valence-electron chi connectivity index (χ2n) is 5.56. The van der Waals surface area contributed by atoms with E-state index >= 15 is 0 Å². The molecule has 0 spiro atoms. The Kier molecular flexibility index (Phi) is 5.14. The van der Waals surface area contributed by atoms with Crippen molar-refractivity contribution in [2.75, 3.05) is 13.6 Å². The van der Waals surface area contributed by atoms with E-state index in [0.717, 1.165) is 15.4 Å². The number of hydrogen-bond acceptors (Lipinski definition) is 4. The lowest BCUT2D eigenvalue weighted by atomic mass is 10.2. The average molecular weight is 402 g/mol. The molecule has 3 rings (SSSR count). The SMILES string of the molecule is CN(Cc1cccnc1)C(=O)CNC(=O)c1cc2cccc(Br)c2o1. The third-order valence-corrected chi connectivity index (χ3v) is 4.31. The van der Waals surface area contributed by atoms with Crippen LogP contribution in [-0.4, -0.2) is 35.3 Å². The number of hydrogen-bond donors (Lipinski definition) is 1. The van der Waals surface area contributed by atoms with E-state index in [4.69, 9.17) is 4.42 Å². The van der Waals surface area contributed by atoms with Crippen molar-refractivity contribution in [2.24, 2.45) is 0 Å². The second-order valence-corrected chi connectivity index (χ2v) is 6.42. The predicted octanol–water partition coefficient (Wildman–Crippen LogP) is 2.98. The molecule has 0 fully saturated rings. The summed E-state index contributed by atoms with van der Waals surface area (Å²) in [4.78, 5) is 29.9. The zero-order chi connectivity index (χ0) is 17.8. The van der Waals surface area contributed by atoms with Crippen LogP contribution in [-0.2, 0) is 11.3 Å². The van der Waals surface area contributed by atoms with Crippen molar-refractivity contribution in [1.29, 1.82) is 0 Å². The van der Waals surface area contributed by atoms with Gasteiger partial charge in [0.25, 0.3) is 5.91 Å². The van der Waals surface area contributed by atoms with Crippen molar-refractivity contribution in [3.63, 3.8) is 0 Å². The summed E-state index contributed by atoms with van der Waals surface area (Å²) in [5, 5.41) is 3.41. The lowest BCUT2D eigenvalue weighted by molar-refractivity contribution is -0.129. The minimum absolute atomic E-state index is 0.103. The molecule has 0 bridgehead atoms. The van der Waals surface area contributed by atoms with Crippen LogP contribution in [0.2, 0.25) is 0 Å². The molecule has 0 aliphatic rings. The Labute approximate surface area is 153 Å². The van der Waals surface area contributed by atoms with Gasteiger partial charge in [-0.3, -0.25) is 14.6 Å². The zero-order valence-corrected chi connectivity index (χ0v) is 15.1. The number of carbonyl (C=O) groups excluding carboxylic acids is 2. The normalized spacial score (nSPS) is 10.6. The number of nitrogens with one attached hydrogen (secondary N) is 1. The first-order chi connectivity index (χ1) is 12.0. The smallest absolute Gasteiger partial charge is 0.287 e. The number of likely N-dealkylation sites (N-methyl/N-ethyl adjacent to an activating group) is 1. The Hall–Kier alpha value is -2.67. The first-order valence-electron chi connectivity index (χ1n) is 7.63. The van der Waals surface area contributed by atoms with Crippen molar-refractivity contribution < 1.29 is 14.0 Å². The molecule has 0 unspecified atom stereocenters. The lowest BCUT2D eigenvalue weighted by Crippen LogP contribution is -2.37. The standard InChI is InChI=1S/C18H16BrN3O3/c1-22(11-12-4-3-7-20-9-12)16(23)10-21-18(24)15-8-13-5-2-6-14(19)17(13)25-15/h2-9H,10-11H2,1H3,(H,21,24). The fourth-order valence-corrected chi connectivity index (χ4v) is 2.83. The number of amides is 2. The first-order valence-corrected chi connectivity index (χ1v) is 8.43. The largest absolute Gasteiger partial charge is 0.450 e. The Morgan fingerprint density at radius 2 is 2.12 bits per heavy atom. The van der Waals surface area contributed by atoms with Gasteiger partial charge in [0.15, 0.2) is 5.76 Å². The summed E-state index contributed by atoms with van der Waals surface area (Å²) < 4.78 is 6.33. The quantitative estimate of drug-likeness (QED) is 0.712. The van der Waals surface area contributed by atoms with Crippen molar-refractivity contribution in [3.8, 4) is 0 Å². The number of pyridine rings is 1. The van der Waals surface area contributed by atoms with Crippen molar-refractivity contribution in [2.45, 2.75) is 6.54 Å². The number of benzene rings is 1. The fraction of sp³-hybridized carbons (Fsp3) is 0.167. The lowest BCUT2D eigenvalue weighted by Gasteiger charge is -2.17. The van der Waals surface area contributed by atoms with E-state index in [1.807, 2.05) is 30.3 Å². The first kappa shape index (κ1) is 17.2. The summed E-state index contributed by atoms with van der Waals surface area (Å²) in [6, 6.07) is 10.9. The molecule has 0 atom stereocenters. The maximum Gasteiger partial charge on any atom is 0.287 e. The van der Waals surface area contributed by atoms with E-state index in [-0.39, 0.29) is 18.2 Å². The Bertz CT molecular complexity index is 908. The van der Waals surface area contributed by atoms with Crippen LogP contribution in [0.1, 0.15) is 16.1 Å². The van der Waals surface area contributed by atoms with Crippen LogP contribution in [0.5, 0.6) is 0 Å². The number of carbonyl (C=O) groups is 2. The Morgan fingerprint density at radius 1 is 1.28 bits per heavy atom. The van der Waals surface area contributed by atoms with Gasteiger partial charge in [-0.25, -0.2) is 0 Å². The van der Waals surface area contributed by atoms with Gasteiger partial charge in [0.2, 0.25) is 5.91 Å². The molecular weight excluding hydrogens is 386 g/mol.